The Hall–Kier alpha value is -2.18. The van der Waals surface area contributed by atoms with E-state index in [0.717, 1.165) is 0 Å². The fourth-order valence-electron chi connectivity index (χ4n) is 1.56. The maximum atomic E-state index is 12.3. The molecule has 1 aromatic heterocycles. The van der Waals surface area contributed by atoms with Gasteiger partial charge in [0.25, 0.3) is 5.91 Å². The summed E-state index contributed by atoms with van der Waals surface area (Å²) < 4.78 is 0. The van der Waals surface area contributed by atoms with Crippen LogP contribution in [0.2, 0.25) is 0 Å². The summed E-state index contributed by atoms with van der Waals surface area (Å²) in [5.41, 5.74) is 0.628. The molecule has 0 aliphatic heterocycles. The third kappa shape index (κ3) is 4.14. The zero-order chi connectivity index (χ0) is 15.2. The number of amides is 2. The molecule has 1 heterocycles. The molecule has 0 bridgehead atoms. The molecule has 2 amide bonds. The number of halogens is 1. The van der Waals surface area contributed by atoms with Gasteiger partial charge in [-0.05, 0) is 5.56 Å². The van der Waals surface area contributed by atoms with Gasteiger partial charge < -0.3 is 5.32 Å². The highest BCUT2D eigenvalue weighted by Gasteiger charge is 2.18. The van der Waals surface area contributed by atoms with Crippen LogP contribution in [-0.4, -0.2) is 16.8 Å². The van der Waals surface area contributed by atoms with E-state index >= 15 is 0 Å². The van der Waals surface area contributed by atoms with Crippen molar-refractivity contribution in [3.8, 4) is 0 Å². The van der Waals surface area contributed by atoms with Crippen LogP contribution in [0.25, 0.3) is 5.03 Å². The summed E-state index contributed by atoms with van der Waals surface area (Å²) in [5.74, 6) is -0.901. The number of rotatable bonds is 4. The molecule has 0 aliphatic rings. The minimum atomic E-state index is -0.519. The SMILES string of the molecule is CC(=O)N/C(C(=O)Nc1nccs1)=C(/Cl)c1ccccc1. The average molecular weight is 322 g/mol. The molecule has 7 heteroatoms. The molecule has 0 fully saturated rings. The zero-order valence-electron chi connectivity index (χ0n) is 11.1. The number of carbonyl (C=O) groups excluding carboxylic acids is 2. The Morgan fingerprint density at radius 1 is 1.24 bits per heavy atom. The molecule has 0 atom stereocenters. The second kappa shape index (κ2) is 7.01. The number of carbonyl (C=O) groups is 2. The topological polar surface area (TPSA) is 71.1 Å². The van der Waals surface area contributed by atoms with Crippen molar-refractivity contribution < 1.29 is 9.59 Å². The molecule has 0 unspecified atom stereocenters. The van der Waals surface area contributed by atoms with Crippen LogP contribution in [0.3, 0.4) is 0 Å². The Morgan fingerprint density at radius 2 is 1.95 bits per heavy atom. The molecule has 0 saturated heterocycles. The van der Waals surface area contributed by atoms with E-state index in [1.807, 2.05) is 6.07 Å². The summed E-state index contributed by atoms with van der Waals surface area (Å²) >= 11 is 7.51. The predicted molar refractivity (Wildman–Crippen MR) is 83.8 cm³/mol. The maximum Gasteiger partial charge on any atom is 0.275 e. The van der Waals surface area contributed by atoms with Gasteiger partial charge in [-0.25, -0.2) is 4.98 Å². The molecule has 1 aromatic carbocycles. The molecule has 5 nitrogen and oxygen atoms in total. The van der Waals surface area contributed by atoms with Crippen molar-refractivity contribution in [3.63, 3.8) is 0 Å². The van der Waals surface area contributed by atoms with Crippen molar-refractivity contribution in [1.29, 1.82) is 0 Å². The summed E-state index contributed by atoms with van der Waals surface area (Å²) in [4.78, 5) is 27.5. The highest BCUT2D eigenvalue weighted by molar-refractivity contribution is 7.13. The lowest BCUT2D eigenvalue weighted by molar-refractivity contribution is -0.120. The van der Waals surface area contributed by atoms with Gasteiger partial charge in [0.1, 0.15) is 5.70 Å². The first-order chi connectivity index (χ1) is 10.1. The van der Waals surface area contributed by atoms with Crippen LogP contribution in [-0.2, 0) is 9.59 Å². The number of hydrogen-bond acceptors (Lipinski definition) is 4. The molecule has 0 saturated carbocycles. The third-order valence-corrected chi connectivity index (χ3v) is 3.52. The largest absolute Gasteiger partial charge is 0.320 e. The number of thiazole rings is 1. The standard InChI is InChI=1S/C14H12ClN3O2S/c1-9(19)17-12(11(15)10-5-3-2-4-6-10)13(20)18-14-16-7-8-21-14/h2-8H,1H3,(H,17,19)(H,16,18,20)/b12-11+. The Morgan fingerprint density at radius 3 is 2.52 bits per heavy atom. The highest BCUT2D eigenvalue weighted by atomic mass is 35.5. The van der Waals surface area contributed by atoms with Gasteiger partial charge in [-0.3, -0.25) is 14.9 Å². The van der Waals surface area contributed by atoms with Gasteiger partial charge in [-0.1, -0.05) is 41.9 Å². The van der Waals surface area contributed by atoms with E-state index in [0.29, 0.717) is 10.7 Å². The van der Waals surface area contributed by atoms with Crippen molar-refractivity contribution in [3.05, 3.63) is 53.2 Å². The quantitative estimate of drug-likeness (QED) is 0.851. The van der Waals surface area contributed by atoms with E-state index in [4.69, 9.17) is 11.6 Å². The van der Waals surface area contributed by atoms with Crippen LogP contribution in [0.15, 0.2) is 47.6 Å². The average Bonchev–Trinajstić information content (AvgIpc) is 2.97. The lowest BCUT2D eigenvalue weighted by Crippen LogP contribution is -2.29. The Bertz CT molecular complexity index is 669. The lowest BCUT2D eigenvalue weighted by atomic mass is 10.2. The van der Waals surface area contributed by atoms with Crippen molar-refractivity contribution in [2.75, 3.05) is 5.32 Å². The molecular formula is C14H12ClN3O2S. The smallest absolute Gasteiger partial charge is 0.275 e. The van der Waals surface area contributed by atoms with E-state index in [2.05, 4.69) is 15.6 Å². The van der Waals surface area contributed by atoms with E-state index in [1.54, 1.807) is 35.8 Å². The Labute approximate surface area is 130 Å². The molecule has 2 N–H and O–H groups in total. The lowest BCUT2D eigenvalue weighted by Gasteiger charge is -2.11. The number of benzene rings is 1. The Kier molecular flexibility index (Phi) is 5.08. The Balaban J connectivity index is 2.33. The van der Waals surface area contributed by atoms with Crippen molar-refractivity contribution in [1.82, 2.24) is 10.3 Å². The molecule has 0 radical (unpaired) electrons. The van der Waals surface area contributed by atoms with Gasteiger partial charge in [-0.15, -0.1) is 11.3 Å². The first kappa shape index (κ1) is 15.2. The van der Waals surface area contributed by atoms with Gasteiger partial charge in [0, 0.05) is 18.5 Å². The van der Waals surface area contributed by atoms with Gasteiger partial charge in [0.2, 0.25) is 5.91 Å². The van der Waals surface area contributed by atoms with Gasteiger partial charge in [-0.2, -0.15) is 0 Å². The van der Waals surface area contributed by atoms with Crippen LogP contribution in [0.5, 0.6) is 0 Å². The predicted octanol–water partition coefficient (Wildman–Crippen LogP) is 2.83. The van der Waals surface area contributed by atoms with Crippen LogP contribution >= 0.6 is 22.9 Å². The fourth-order valence-corrected chi connectivity index (χ4v) is 2.34. The van der Waals surface area contributed by atoms with E-state index in [-0.39, 0.29) is 16.6 Å². The van der Waals surface area contributed by atoms with Crippen LogP contribution in [0.1, 0.15) is 12.5 Å². The van der Waals surface area contributed by atoms with E-state index < -0.39 is 5.91 Å². The number of nitrogens with one attached hydrogen (secondary N) is 2. The summed E-state index contributed by atoms with van der Waals surface area (Å²) in [6, 6.07) is 8.92. The molecule has 0 aliphatic carbocycles. The zero-order valence-corrected chi connectivity index (χ0v) is 12.7. The molecular weight excluding hydrogens is 310 g/mol. The summed E-state index contributed by atoms with van der Waals surface area (Å²) in [6.07, 6.45) is 1.57. The summed E-state index contributed by atoms with van der Waals surface area (Å²) in [6.45, 7) is 1.31. The molecule has 2 aromatic rings. The van der Waals surface area contributed by atoms with Gasteiger partial charge in [0.05, 0.1) is 5.03 Å². The third-order valence-electron chi connectivity index (χ3n) is 2.43. The maximum absolute atomic E-state index is 12.3. The van der Waals surface area contributed by atoms with E-state index in [1.165, 1.54) is 18.3 Å². The van der Waals surface area contributed by atoms with E-state index in [9.17, 15) is 9.59 Å². The van der Waals surface area contributed by atoms with Crippen molar-refractivity contribution >= 4 is 44.9 Å². The van der Waals surface area contributed by atoms with Gasteiger partial charge in [0.15, 0.2) is 5.13 Å². The van der Waals surface area contributed by atoms with Gasteiger partial charge >= 0.3 is 0 Å². The number of nitrogens with zero attached hydrogens (tertiary/aromatic N) is 1. The highest BCUT2D eigenvalue weighted by Crippen LogP contribution is 2.23. The number of hydrogen-bond donors (Lipinski definition) is 2. The van der Waals surface area contributed by atoms with Crippen LogP contribution in [0, 0.1) is 0 Å². The van der Waals surface area contributed by atoms with Crippen molar-refractivity contribution in [2.24, 2.45) is 0 Å². The molecule has 2 rings (SSSR count). The second-order valence-corrected chi connectivity index (χ2v) is 5.30. The summed E-state index contributed by atoms with van der Waals surface area (Å²) in [5, 5.41) is 7.38. The van der Waals surface area contributed by atoms with Crippen LogP contribution in [0.4, 0.5) is 5.13 Å². The monoisotopic (exact) mass is 321 g/mol. The minimum absolute atomic E-state index is 0.00873. The minimum Gasteiger partial charge on any atom is -0.320 e. The fraction of sp³-hybridized carbons (Fsp3) is 0.0714. The number of aromatic nitrogens is 1. The first-order valence-electron chi connectivity index (χ1n) is 6.01. The van der Waals surface area contributed by atoms with Crippen LogP contribution < -0.4 is 10.6 Å². The normalized spacial score (nSPS) is 11.5. The van der Waals surface area contributed by atoms with Crippen molar-refractivity contribution in [2.45, 2.75) is 6.92 Å². The first-order valence-corrected chi connectivity index (χ1v) is 7.27. The summed E-state index contributed by atoms with van der Waals surface area (Å²) in [7, 11) is 0. The number of anilines is 1. The molecule has 0 spiro atoms. The molecule has 108 valence electrons. The second-order valence-electron chi connectivity index (χ2n) is 4.03. The molecule has 21 heavy (non-hydrogen) atoms.